The Bertz CT molecular complexity index is 718. The second-order valence-electron chi connectivity index (χ2n) is 5.78. The molecule has 1 N–H and O–H groups in total. The molecule has 1 aromatic carbocycles. The van der Waals surface area contributed by atoms with E-state index < -0.39 is 10.2 Å². The summed E-state index contributed by atoms with van der Waals surface area (Å²) in [7, 11) is -3.29. The number of aromatic nitrogens is 1. The van der Waals surface area contributed by atoms with Crippen LogP contribution in [0.1, 0.15) is 25.7 Å². The summed E-state index contributed by atoms with van der Waals surface area (Å²) in [6, 6.07) is 10.3. The number of nitrogens with one attached hydrogen (secondary N) is 1. The Balaban J connectivity index is 1.51. The Morgan fingerprint density at radius 1 is 1.05 bits per heavy atom. The first-order chi connectivity index (χ1) is 10.7. The number of aryl methyl sites for hydroxylation is 1. The Labute approximate surface area is 132 Å². The first-order valence-electron chi connectivity index (χ1n) is 7.95. The standard InChI is InChI=1S/C16H23N3O2S/c20-22(21,19-12-4-1-5-13-19)17-10-6-11-18-14-9-15-7-2-3-8-16(15)18/h2-3,7-9,14,17H,1,4-6,10-13H2. The highest BCUT2D eigenvalue weighted by Crippen LogP contribution is 2.15. The molecule has 1 aliphatic rings. The molecular weight excluding hydrogens is 298 g/mol. The quantitative estimate of drug-likeness (QED) is 0.830. The van der Waals surface area contributed by atoms with E-state index in [2.05, 4.69) is 33.7 Å². The van der Waals surface area contributed by atoms with Gasteiger partial charge >= 0.3 is 0 Å². The van der Waals surface area contributed by atoms with Crippen LogP contribution in [0.25, 0.3) is 10.9 Å². The largest absolute Gasteiger partial charge is 0.347 e. The van der Waals surface area contributed by atoms with Gasteiger partial charge in [-0.05, 0) is 36.8 Å². The maximum atomic E-state index is 12.2. The molecule has 0 bridgehead atoms. The third-order valence-corrected chi connectivity index (χ3v) is 5.81. The fraction of sp³-hybridized carbons (Fsp3) is 0.500. The van der Waals surface area contributed by atoms with Gasteiger partial charge in [0.05, 0.1) is 0 Å². The summed E-state index contributed by atoms with van der Waals surface area (Å²) in [6.07, 6.45) is 5.91. The van der Waals surface area contributed by atoms with Crippen LogP contribution in [-0.2, 0) is 16.8 Å². The zero-order valence-corrected chi connectivity index (χ0v) is 13.6. The number of benzene rings is 1. The Morgan fingerprint density at radius 2 is 1.82 bits per heavy atom. The van der Waals surface area contributed by atoms with Crippen molar-refractivity contribution >= 4 is 21.1 Å². The lowest BCUT2D eigenvalue weighted by Crippen LogP contribution is -2.43. The fourth-order valence-electron chi connectivity index (χ4n) is 2.98. The molecular formula is C16H23N3O2S. The van der Waals surface area contributed by atoms with E-state index in [1.165, 1.54) is 10.9 Å². The molecule has 120 valence electrons. The average Bonchev–Trinajstić information content (AvgIpc) is 2.96. The molecule has 0 saturated carbocycles. The maximum Gasteiger partial charge on any atom is 0.279 e. The molecule has 0 aliphatic carbocycles. The van der Waals surface area contributed by atoms with E-state index in [9.17, 15) is 8.42 Å². The van der Waals surface area contributed by atoms with Gasteiger partial charge in [0.15, 0.2) is 0 Å². The topological polar surface area (TPSA) is 54.3 Å². The minimum atomic E-state index is -3.29. The molecule has 1 saturated heterocycles. The van der Waals surface area contributed by atoms with Gasteiger partial charge in [0.1, 0.15) is 0 Å². The van der Waals surface area contributed by atoms with Gasteiger partial charge in [-0.15, -0.1) is 0 Å². The molecule has 2 heterocycles. The van der Waals surface area contributed by atoms with Crippen molar-refractivity contribution in [2.45, 2.75) is 32.2 Å². The molecule has 1 fully saturated rings. The number of hydrogen-bond donors (Lipinski definition) is 1. The summed E-state index contributed by atoms with van der Waals surface area (Å²) in [6.45, 7) is 2.59. The third kappa shape index (κ3) is 3.51. The molecule has 0 spiro atoms. The van der Waals surface area contributed by atoms with Crippen molar-refractivity contribution in [2.75, 3.05) is 19.6 Å². The molecule has 0 unspecified atom stereocenters. The zero-order chi connectivity index (χ0) is 15.4. The minimum Gasteiger partial charge on any atom is -0.347 e. The van der Waals surface area contributed by atoms with Crippen molar-refractivity contribution in [1.29, 1.82) is 0 Å². The molecule has 0 atom stereocenters. The van der Waals surface area contributed by atoms with E-state index in [0.717, 1.165) is 32.2 Å². The normalized spacial score (nSPS) is 17.1. The smallest absolute Gasteiger partial charge is 0.279 e. The van der Waals surface area contributed by atoms with Crippen molar-refractivity contribution < 1.29 is 8.42 Å². The van der Waals surface area contributed by atoms with Gasteiger partial charge in [0, 0.05) is 37.9 Å². The third-order valence-electron chi connectivity index (χ3n) is 4.20. The first kappa shape index (κ1) is 15.5. The second kappa shape index (κ2) is 6.81. The van der Waals surface area contributed by atoms with Crippen molar-refractivity contribution in [3.8, 4) is 0 Å². The van der Waals surface area contributed by atoms with E-state index in [1.54, 1.807) is 4.31 Å². The molecule has 1 aliphatic heterocycles. The van der Waals surface area contributed by atoms with Gasteiger partial charge in [-0.2, -0.15) is 12.7 Å². The lowest BCUT2D eigenvalue weighted by molar-refractivity contribution is 0.341. The van der Waals surface area contributed by atoms with E-state index in [1.807, 2.05) is 12.1 Å². The zero-order valence-electron chi connectivity index (χ0n) is 12.7. The fourth-order valence-corrected chi connectivity index (χ4v) is 4.31. The van der Waals surface area contributed by atoms with Gasteiger partial charge < -0.3 is 4.57 Å². The summed E-state index contributed by atoms with van der Waals surface area (Å²) in [5.74, 6) is 0. The minimum absolute atomic E-state index is 0.478. The van der Waals surface area contributed by atoms with Crippen LogP contribution in [0.15, 0.2) is 36.5 Å². The van der Waals surface area contributed by atoms with Gasteiger partial charge in [0.25, 0.3) is 10.2 Å². The molecule has 5 nitrogen and oxygen atoms in total. The molecule has 0 radical (unpaired) electrons. The predicted octanol–water partition coefficient (Wildman–Crippen LogP) is 2.35. The average molecular weight is 321 g/mol. The van der Waals surface area contributed by atoms with Crippen LogP contribution >= 0.6 is 0 Å². The van der Waals surface area contributed by atoms with Crippen LogP contribution in [0.2, 0.25) is 0 Å². The predicted molar refractivity (Wildman–Crippen MR) is 88.9 cm³/mol. The Hall–Kier alpha value is -1.37. The number of fused-ring (bicyclic) bond motifs is 1. The molecule has 0 amide bonds. The van der Waals surface area contributed by atoms with Gasteiger partial charge in [0.2, 0.25) is 0 Å². The van der Waals surface area contributed by atoms with Crippen LogP contribution in [0.5, 0.6) is 0 Å². The van der Waals surface area contributed by atoms with E-state index >= 15 is 0 Å². The van der Waals surface area contributed by atoms with Gasteiger partial charge in [-0.1, -0.05) is 24.6 Å². The highest BCUT2D eigenvalue weighted by Gasteiger charge is 2.22. The van der Waals surface area contributed by atoms with E-state index in [-0.39, 0.29) is 0 Å². The second-order valence-corrected chi connectivity index (χ2v) is 7.54. The van der Waals surface area contributed by atoms with Crippen LogP contribution in [0.3, 0.4) is 0 Å². The van der Waals surface area contributed by atoms with E-state index in [0.29, 0.717) is 19.6 Å². The molecule has 6 heteroatoms. The Kier molecular flexibility index (Phi) is 4.81. The summed E-state index contributed by atoms with van der Waals surface area (Å²) in [5.41, 5.74) is 1.20. The SMILES string of the molecule is O=S(=O)(NCCCn1ccc2ccccc21)N1CCCCC1. The van der Waals surface area contributed by atoms with Crippen LogP contribution < -0.4 is 4.72 Å². The summed E-state index contributed by atoms with van der Waals surface area (Å²) >= 11 is 0. The maximum absolute atomic E-state index is 12.2. The van der Waals surface area contributed by atoms with Crippen molar-refractivity contribution in [1.82, 2.24) is 13.6 Å². The summed E-state index contributed by atoms with van der Waals surface area (Å²) in [5, 5.41) is 1.22. The first-order valence-corrected chi connectivity index (χ1v) is 9.39. The number of piperidine rings is 1. The lowest BCUT2D eigenvalue weighted by Gasteiger charge is -2.25. The number of rotatable bonds is 6. The van der Waals surface area contributed by atoms with Crippen LogP contribution in [0.4, 0.5) is 0 Å². The monoisotopic (exact) mass is 321 g/mol. The van der Waals surface area contributed by atoms with E-state index in [4.69, 9.17) is 0 Å². The number of hydrogen-bond acceptors (Lipinski definition) is 2. The summed E-state index contributed by atoms with van der Waals surface area (Å²) in [4.78, 5) is 0. The molecule has 2 aromatic rings. The molecule has 1 aromatic heterocycles. The highest BCUT2D eigenvalue weighted by molar-refractivity contribution is 7.87. The molecule has 22 heavy (non-hydrogen) atoms. The molecule has 3 rings (SSSR count). The Morgan fingerprint density at radius 3 is 2.64 bits per heavy atom. The van der Waals surface area contributed by atoms with Crippen LogP contribution in [-0.4, -0.2) is 36.9 Å². The van der Waals surface area contributed by atoms with Crippen LogP contribution in [0, 0.1) is 0 Å². The lowest BCUT2D eigenvalue weighted by atomic mass is 10.2. The van der Waals surface area contributed by atoms with Gasteiger partial charge in [-0.25, -0.2) is 4.72 Å². The van der Waals surface area contributed by atoms with Crippen molar-refractivity contribution in [2.24, 2.45) is 0 Å². The van der Waals surface area contributed by atoms with Gasteiger partial charge in [-0.3, -0.25) is 0 Å². The number of nitrogens with zero attached hydrogens (tertiary/aromatic N) is 2. The highest BCUT2D eigenvalue weighted by atomic mass is 32.2. The number of para-hydroxylation sites is 1. The summed E-state index contributed by atoms with van der Waals surface area (Å²) < 4.78 is 30.8. The van der Waals surface area contributed by atoms with Crippen molar-refractivity contribution in [3.05, 3.63) is 36.5 Å². The van der Waals surface area contributed by atoms with Crippen molar-refractivity contribution in [3.63, 3.8) is 0 Å².